The van der Waals surface area contributed by atoms with Gasteiger partial charge in [-0.2, -0.15) is 0 Å². The molecule has 3 rings (SSSR count). The van der Waals surface area contributed by atoms with Crippen LogP contribution in [0.3, 0.4) is 0 Å². The molecule has 1 fully saturated rings. The number of aryl methyl sites for hydroxylation is 2. The Morgan fingerprint density at radius 3 is 2.57 bits per heavy atom. The Morgan fingerprint density at radius 1 is 1.18 bits per heavy atom. The van der Waals surface area contributed by atoms with Crippen molar-refractivity contribution in [1.82, 2.24) is 14.9 Å². The predicted molar refractivity (Wildman–Crippen MR) is 104 cm³/mol. The quantitative estimate of drug-likeness (QED) is 0.419. The van der Waals surface area contributed by atoms with Crippen LogP contribution in [-0.2, 0) is 20.1 Å². The van der Waals surface area contributed by atoms with Crippen LogP contribution < -0.4 is 0 Å². The zero-order valence-corrected chi connectivity index (χ0v) is 16.6. The van der Waals surface area contributed by atoms with Crippen LogP contribution in [0.1, 0.15) is 40.2 Å². The molecule has 2 aromatic rings. The Hall–Kier alpha value is -2.74. The number of ether oxygens (including phenoxy) is 1. The van der Waals surface area contributed by atoms with Crippen LogP contribution in [0, 0.1) is 13.8 Å². The van der Waals surface area contributed by atoms with Crippen molar-refractivity contribution in [3.05, 3.63) is 52.8 Å². The summed E-state index contributed by atoms with van der Waals surface area (Å²) in [7, 11) is 0. The summed E-state index contributed by atoms with van der Waals surface area (Å²) in [4.78, 5) is 46.0. The van der Waals surface area contributed by atoms with Crippen LogP contribution in [0.2, 0.25) is 0 Å². The number of rotatable bonds is 6. The number of aromatic nitrogens is 2. The molecule has 8 heteroatoms. The molecule has 7 nitrogen and oxygen atoms in total. The highest BCUT2D eigenvalue weighted by atomic mass is 32.2. The van der Waals surface area contributed by atoms with Gasteiger partial charge in [-0.15, -0.1) is 0 Å². The molecule has 0 saturated carbocycles. The fourth-order valence-electron chi connectivity index (χ4n) is 2.94. The van der Waals surface area contributed by atoms with Gasteiger partial charge in [0.2, 0.25) is 5.91 Å². The van der Waals surface area contributed by atoms with Gasteiger partial charge in [0.05, 0.1) is 5.56 Å². The number of benzene rings is 1. The topological polar surface area (TPSA) is 89.5 Å². The number of amides is 2. The van der Waals surface area contributed by atoms with E-state index in [9.17, 15) is 14.4 Å². The minimum absolute atomic E-state index is 0.216. The van der Waals surface area contributed by atoms with Crippen molar-refractivity contribution in [3.63, 3.8) is 0 Å². The Morgan fingerprint density at radius 2 is 1.89 bits per heavy atom. The van der Waals surface area contributed by atoms with Crippen LogP contribution in [0.25, 0.3) is 0 Å². The van der Waals surface area contributed by atoms with Crippen LogP contribution in [0.5, 0.6) is 0 Å². The maximum Gasteiger partial charge on any atom is 0.338 e. The molecule has 1 aliphatic heterocycles. The van der Waals surface area contributed by atoms with Gasteiger partial charge in [-0.25, -0.2) is 14.8 Å². The first-order valence-electron chi connectivity index (χ1n) is 8.97. The van der Waals surface area contributed by atoms with E-state index in [-0.39, 0.29) is 5.91 Å². The van der Waals surface area contributed by atoms with E-state index in [4.69, 9.17) is 4.74 Å². The van der Waals surface area contributed by atoms with E-state index in [0.717, 1.165) is 21.9 Å². The van der Waals surface area contributed by atoms with Gasteiger partial charge >= 0.3 is 5.97 Å². The van der Waals surface area contributed by atoms with E-state index in [1.807, 2.05) is 32.0 Å². The van der Waals surface area contributed by atoms with Gasteiger partial charge in [0.25, 0.3) is 5.91 Å². The molecule has 1 aliphatic rings. The Kier molecular flexibility index (Phi) is 6.41. The zero-order valence-electron chi connectivity index (χ0n) is 15.8. The second-order valence-electron chi connectivity index (χ2n) is 6.50. The van der Waals surface area contributed by atoms with Gasteiger partial charge in [-0.1, -0.05) is 30.0 Å². The van der Waals surface area contributed by atoms with Crippen molar-refractivity contribution in [1.29, 1.82) is 0 Å². The highest BCUT2D eigenvalue weighted by molar-refractivity contribution is 7.98. The van der Waals surface area contributed by atoms with Crippen molar-refractivity contribution >= 4 is 29.5 Å². The number of likely N-dealkylation sites (tertiary alicyclic amines) is 1. The summed E-state index contributed by atoms with van der Waals surface area (Å²) in [6.45, 7) is 3.77. The molecular weight excluding hydrogens is 378 g/mol. The third-order valence-corrected chi connectivity index (χ3v) is 5.15. The lowest BCUT2D eigenvalue weighted by Crippen LogP contribution is -2.35. The summed E-state index contributed by atoms with van der Waals surface area (Å²) in [5, 5.41) is 0.642. The lowest BCUT2D eigenvalue weighted by molar-refractivity contribution is -0.143. The Labute approximate surface area is 167 Å². The minimum Gasteiger partial charge on any atom is -0.452 e. The summed E-state index contributed by atoms with van der Waals surface area (Å²) in [6, 6.07) is 8.97. The number of nitrogens with zero attached hydrogens (tertiary/aromatic N) is 3. The Balaban J connectivity index is 1.63. The highest BCUT2D eigenvalue weighted by Crippen LogP contribution is 2.23. The molecule has 1 aromatic heterocycles. The number of thioether (sulfide) groups is 1. The van der Waals surface area contributed by atoms with E-state index in [1.165, 1.54) is 11.8 Å². The van der Waals surface area contributed by atoms with E-state index >= 15 is 0 Å². The molecule has 2 heterocycles. The highest BCUT2D eigenvalue weighted by Gasteiger charge is 2.27. The molecule has 0 unspecified atom stereocenters. The maximum absolute atomic E-state index is 12.5. The molecule has 1 saturated heterocycles. The molecule has 0 N–H and O–H groups in total. The van der Waals surface area contributed by atoms with Crippen molar-refractivity contribution in [2.24, 2.45) is 0 Å². The molecule has 0 bridgehead atoms. The number of hydrogen-bond acceptors (Lipinski definition) is 7. The van der Waals surface area contributed by atoms with Gasteiger partial charge < -0.3 is 4.74 Å². The van der Waals surface area contributed by atoms with Crippen molar-refractivity contribution in [2.45, 2.75) is 37.6 Å². The monoisotopic (exact) mass is 399 g/mol. The van der Waals surface area contributed by atoms with Crippen LogP contribution in [-0.4, -0.2) is 45.8 Å². The average molecular weight is 399 g/mol. The summed E-state index contributed by atoms with van der Waals surface area (Å²) >= 11 is 1.43. The van der Waals surface area contributed by atoms with Gasteiger partial charge in [0, 0.05) is 30.1 Å². The van der Waals surface area contributed by atoms with Gasteiger partial charge in [-0.05, 0) is 38.0 Å². The predicted octanol–water partition coefficient (Wildman–Crippen LogP) is 2.69. The second kappa shape index (κ2) is 8.97. The van der Waals surface area contributed by atoms with Crippen molar-refractivity contribution in [3.8, 4) is 0 Å². The maximum atomic E-state index is 12.5. The molecular formula is C20H21N3O4S. The number of carbonyl (C=O) groups excluding carboxylic acids is 3. The molecule has 0 radical (unpaired) electrons. The molecule has 146 valence electrons. The van der Waals surface area contributed by atoms with Crippen molar-refractivity contribution < 1.29 is 19.1 Å². The van der Waals surface area contributed by atoms with E-state index in [2.05, 4.69) is 9.97 Å². The van der Waals surface area contributed by atoms with E-state index < -0.39 is 18.5 Å². The SMILES string of the molecule is Cc1cc(C)nc(SCc2ccccc2C(=O)OCC(=O)N2CCCC2=O)n1. The van der Waals surface area contributed by atoms with E-state index in [0.29, 0.717) is 35.9 Å². The fraction of sp³-hybridized carbons (Fsp3) is 0.350. The molecule has 0 spiro atoms. The minimum atomic E-state index is -0.586. The van der Waals surface area contributed by atoms with Crippen LogP contribution in [0.15, 0.2) is 35.5 Å². The van der Waals surface area contributed by atoms with Gasteiger partial charge in [-0.3, -0.25) is 14.5 Å². The lowest BCUT2D eigenvalue weighted by Gasteiger charge is -2.14. The molecule has 1 aromatic carbocycles. The number of carbonyl (C=O) groups is 3. The van der Waals surface area contributed by atoms with Gasteiger partial charge in [0.15, 0.2) is 11.8 Å². The second-order valence-corrected chi connectivity index (χ2v) is 7.44. The van der Waals surface area contributed by atoms with Crippen LogP contribution in [0.4, 0.5) is 0 Å². The summed E-state index contributed by atoms with van der Waals surface area (Å²) in [5.41, 5.74) is 2.93. The van der Waals surface area contributed by atoms with Gasteiger partial charge in [0.1, 0.15) is 0 Å². The number of imide groups is 1. The summed E-state index contributed by atoms with van der Waals surface area (Å²) in [6.07, 6.45) is 1.01. The lowest BCUT2D eigenvalue weighted by atomic mass is 10.1. The zero-order chi connectivity index (χ0) is 20.1. The molecule has 2 amide bonds. The molecule has 28 heavy (non-hydrogen) atoms. The average Bonchev–Trinajstić information content (AvgIpc) is 3.09. The van der Waals surface area contributed by atoms with Crippen molar-refractivity contribution in [2.75, 3.05) is 13.2 Å². The first-order valence-corrected chi connectivity index (χ1v) is 9.96. The standard InChI is InChI=1S/C20H21N3O4S/c1-13-10-14(2)22-20(21-13)28-12-15-6-3-4-7-16(15)19(26)27-11-18(25)23-9-5-8-17(23)24/h3-4,6-7,10H,5,8-9,11-12H2,1-2H3. The first kappa shape index (κ1) is 20.0. The normalized spacial score (nSPS) is 13.6. The summed E-state index contributed by atoms with van der Waals surface area (Å²) in [5.74, 6) is -0.789. The fourth-order valence-corrected chi connectivity index (χ4v) is 3.89. The molecule has 0 aliphatic carbocycles. The number of esters is 1. The Bertz CT molecular complexity index is 896. The smallest absolute Gasteiger partial charge is 0.338 e. The molecule has 0 atom stereocenters. The third-order valence-electron chi connectivity index (χ3n) is 4.26. The summed E-state index contributed by atoms with van der Waals surface area (Å²) < 4.78 is 5.16. The van der Waals surface area contributed by atoms with E-state index in [1.54, 1.807) is 12.1 Å². The third kappa shape index (κ3) is 4.95. The number of hydrogen-bond donors (Lipinski definition) is 0. The first-order chi connectivity index (χ1) is 13.4. The van der Waals surface area contributed by atoms with Crippen LogP contribution >= 0.6 is 11.8 Å². The largest absolute Gasteiger partial charge is 0.452 e.